The number of allylic oxidation sites excluding steroid dienone is 22. The summed E-state index contributed by atoms with van der Waals surface area (Å²) in [5.74, 6) is -2.26. The highest BCUT2D eigenvalue weighted by atomic mass is 31.2. The fourth-order valence-corrected chi connectivity index (χ4v) is 12.0. The van der Waals surface area contributed by atoms with Crippen LogP contribution in [0.3, 0.4) is 0 Å². The minimum absolute atomic E-state index is 0.0363. The molecule has 3 N–H and O–H groups in total. The van der Waals surface area contributed by atoms with E-state index in [2.05, 4.69) is 161 Å². The van der Waals surface area contributed by atoms with Gasteiger partial charge in [0.05, 0.1) is 26.4 Å². The van der Waals surface area contributed by atoms with Crippen LogP contribution < -0.4 is 0 Å². The highest BCUT2D eigenvalue weighted by Gasteiger charge is 2.30. The number of rotatable bonds is 75. The number of hydrogen-bond acceptors (Lipinski definition) is 15. The van der Waals surface area contributed by atoms with Gasteiger partial charge in [-0.25, -0.2) is 9.13 Å². The molecular formula is C85H144O17P2. The van der Waals surface area contributed by atoms with Crippen LogP contribution in [0.1, 0.15) is 323 Å². The van der Waals surface area contributed by atoms with Crippen LogP contribution in [0.2, 0.25) is 0 Å². The van der Waals surface area contributed by atoms with E-state index < -0.39 is 97.5 Å². The third-order valence-corrected chi connectivity index (χ3v) is 18.5. The molecule has 0 fully saturated rings. The number of phosphoric acid groups is 2. The Morgan fingerprint density at radius 1 is 0.279 bits per heavy atom. The second-order valence-electron chi connectivity index (χ2n) is 26.6. The Kier molecular flexibility index (Phi) is 72.9. The fourth-order valence-electron chi connectivity index (χ4n) is 10.5. The predicted molar refractivity (Wildman–Crippen MR) is 427 cm³/mol. The molecule has 0 aliphatic heterocycles. The van der Waals surface area contributed by atoms with E-state index in [1.165, 1.54) is 57.8 Å². The van der Waals surface area contributed by atoms with E-state index in [1.807, 2.05) is 0 Å². The summed E-state index contributed by atoms with van der Waals surface area (Å²) in [7, 11) is -9.99. The smallest absolute Gasteiger partial charge is 0.462 e. The summed E-state index contributed by atoms with van der Waals surface area (Å²) in [4.78, 5) is 73.0. The molecule has 17 nitrogen and oxygen atoms in total. The lowest BCUT2D eigenvalue weighted by molar-refractivity contribution is -0.161. The van der Waals surface area contributed by atoms with E-state index >= 15 is 0 Å². The van der Waals surface area contributed by atoms with Gasteiger partial charge in [0.1, 0.15) is 19.3 Å². The molecule has 0 aromatic rings. The number of carbonyl (C=O) groups is 4. The van der Waals surface area contributed by atoms with Crippen molar-refractivity contribution in [3.63, 3.8) is 0 Å². The molecule has 0 heterocycles. The topological polar surface area (TPSA) is 237 Å². The lowest BCUT2D eigenvalue weighted by Crippen LogP contribution is -2.30. The van der Waals surface area contributed by atoms with Crippen molar-refractivity contribution in [3.05, 3.63) is 134 Å². The highest BCUT2D eigenvalue weighted by molar-refractivity contribution is 7.47. The number of carbonyl (C=O) groups excluding carboxylic acids is 4. The van der Waals surface area contributed by atoms with E-state index in [0.29, 0.717) is 32.1 Å². The van der Waals surface area contributed by atoms with Gasteiger partial charge in [-0.05, 0) is 161 Å². The maximum absolute atomic E-state index is 13.1. The molecule has 0 saturated carbocycles. The summed E-state index contributed by atoms with van der Waals surface area (Å²) < 4.78 is 68.6. The molecule has 104 heavy (non-hydrogen) atoms. The number of phosphoric ester groups is 2. The average molecular weight is 1500 g/mol. The second-order valence-corrected chi connectivity index (χ2v) is 29.5. The van der Waals surface area contributed by atoms with Gasteiger partial charge in [0, 0.05) is 25.7 Å². The summed E-state index contributed by atoms with van der Waals surface area (Å²) in [6.45, 7) is 4.54. The van der Waals surface area contributed by atoms with E-state index in [0.717, 1.165) is 180 Å². The molecule has 0 aliphatic carbocycles. The number of unbranched alkanes of at least 4 members (excludes halogenated alkanes) is 27. The summed E-state index contributed by atoms with van der Waals surface area (Å²) in [5, 5.41) is 10.6. The molecule has 596 valence electrons. The Bertz CT molecular complexity index is 2490. The molecule has 0 aliphatic rings. The minimum Gasteiger partial charge on any atom is -0.462 e. The first-order valence-corrected chi connectivity index (χ1v) is 43.4. The molecule has 0 aromatic carbocycles. The van der Waals surface area contributed by atoms with E-state index in [9.17, 15) is 43.2 Å². The quantitative estimate of drug-likeness (QED) is 0.0169. The van der Waals surface area contributed by atoms with Crippen molar-refractivity contribution in [2.45, 2.75) is 341 Å². The van der Waals surface area contributed by atoms with Crippen LogP contribution >= 0.6 is 15.6 Å². The number of hydrogen-bond donors (Lipinski definition) is 3. The predicted octanol–water partition coefficient (Wildman–Crippen LogP) is 23.7. The fraction of sp³-hybridized carbons (Fsp3) is 0.694. The van der Waals surface area contributed by atoms with Crippen LogP contribution in [-0.2, 0) is 65.4 Å². The average Bonchev–Trinajstić information content (AvgIpc) is 0.999. The van der Waals surface area contributed by atoms with Crippen LogP contribution in [0.25, 0.3) is 0 Å². The van der Waals surface area contributed by atoms with Crippen molar-refractivity contribution in [1.82, 2.24) is 0 Å². The molecule has 0 saturated heterocycles. The van der Waals surface area contributed by atoms with Crippen molar-refractivity contribution < 1.29 is 80.2 Å². The molecule has 0 rings (SSSR count). The number of aliphatic hydroxyl groups is 1. The Hall–Kier alpha value is -4.80. The van der Waals surface area contributed by atoms with Gasteiger partial charge in [0.2, 0.25) is 0 Å². The van der Waals surface area contributed by atoms with Crippen molar-refractivity contribution in [2.75, 3.05) is 39.6 Å². The first-order chi connectivity index (χ1) is 50.7. The Morgan fingerprint density at radius 3 is 0.817 bits per heavy atom. The normalized spacial score (nSPS) is 14.6. The minimum atomic E-state index is -5.00. The number of ether oxygens (including phenoxy) is 4. The highest BCUT2D eigenvalue weighted by Crippen LogP contribution is 2.45. The van der Waals surface area contributed by atoms with E-state index in [-0.39, 0.29) is 25.7 Å². The van der Waals surface area contributed by atoms with Crippen LogP contribution in [0.5, 0.6) is 0 Å². The van der Waals surface area contributed by atoms with Gasteiger partial charge in [-0.2, -0.15) is 0 Å². The van der Waals surface area contributed by atoms with Crippen molar-refractivity contribution in [2.24, 2.45) is 0 Å². The summed E-state index contributed by atoms with van der Waals surface area (Å²) in [6.07, 6.45) is 85.7. The molecule has 0 aromatic heterocycles. The van der Waals surface area contributed by atoms with Gasteiger partial charge in [0.25, 0.3) is 0 Å². The van der Waals surface area contributed by atoms with Gasteiger partial charge in [-0.3, -0.25) is 37.3 Å². The van der Waals surface area contributed by atoms with Crippen molar-refractivity contribution >= 4 is 39.5 Å². The van der Waals surface area contributed by atoms with Gasteiger partial charge < -0.3 is 33.8 Å². The lowest BCUT2D eigenvalue weighted by atomic mass is 10.1. The Morgan fingerprint density at radius 2 is 0.500 bits per heavy atom. The molecule has 5 atom stereocenters. The molecule has 0 amide bonds. The SMILES string of the molecule is CC/C=C\C/C=C\C/C=C\C/C=C\CCCCC(=O)OC(COC(=O)CCCCCCCC/C=C\C/C=C\C/C=C\CCCCC)COP(=O)(O)OCC(O)COP(=O)(O)OCC(COC(=O)CCCCCCC/C=C\C/C=C\C/C=C\CC)OC(=O)CCCCCCC/C=C\CCCCCCCC. The zero-order valence-electron chi connectivity index (χ0n) is 65.2. The maximum atomic E-state index is 13.1. The molecule has 19 heteroatoms. The monoisotopic (exact) mass is 1500 g/mol. The van der Waals surface area contributed by atoms with Gasteiger partial charge in [-0.1, -0.05) is 271 Å². The molecule has 5 unspecified atom stereocenters. The first kappa shape index (κ1) is 99.2. The zero-order chi connectivity index (χ0) is 76.0. The number of esters is 4. The Labute approximate surface area is 631 Å². The molecule has 0 bridgehead atoms. The van der Waals surface area contributed by atoms with Gasteiger partial charge in [-0.15, -0.1) is 0 Å². The van der Waals surface area contributed by atoms with Crippen LogP contribution in [0, 0.1) is 0 Å². The second kappa shape index (κ2) is 76.4. The lowest BCUT2D eigenvalue weighted by Gasteiger charge is -2.21. The summed E-state index contributed by atoms with van der Waals surface area (Å²) in [5.41, 5.74) is 0. The van der Waals surface area contributed by atoms with Gasteiger partial charge >= 0.3 is 39.5 Å². The number of aliphatic hydroxyl groups excluding tert-OH is 1. The largest absolute Gasteiger partial charge is 0.472 e. The Balaban J connectivity index is 5.42. The molecule has 0 spiro atoms. The van der Waals surface area contributed by atoms with Crippen molar-refractivity contribution in [3.8, 4) is 0 Å². The van der Waals surface area contributed by atoms with Gasteiger partial charge in [0.15, 0.2) is 12.2 Å². The van der Waals surface area contributed by atoms with Crippen LogP contribution in [0.15, 0.2) is 134 Å². The molecular weight excluding hydrogens is 1350 g/mol. The van der Waals surface area contributed by atoms with Crippen LogP contribution in [-0.4, -0.2) is 96.7 Å². The summed E-state index contributed by atoms with van der Waals surface area (Å²) >= 11 is 0. The van der Waals surface area contributed by atoms with Crippen LogP contribution in [0.4, 0.5) is 0 Å². The standard InChI is InChI=1S/C85H144O17P2/c1-5-9-13-17-21-25-29-33-37-38-39-40-44-46-50-54-58-62-66-70-83(88)96-76-81(102-85(90)72-68-64-60-56-52-48-43-36-32-28-24-20-16-12-8-4)78-100-104(93,94)98-74-79(86)73-97-103(91,92)99-77-80(101-84(89)71-67-63-59-55-51-47-42-35-31-27-23-19-15-11-7-3)75-95-82(87)69-65-61-57-53-49-45-41-34-30-26-22-18-14-10-6-2/h10,12,14,16,21-22,24-26,28,33-37,39-43,52,56,79-81,86H,5-9,11,13,15,17-20,23,27,29-32,38,44-51,53-55,57-78H2,1-4H3,(H,91,92)(H,93,94)/b14-10-,16-12-,25-21-,26-22-,28-24-,37-33-,40-39-,41-34-,42-35-,43-36-,56-52-. The summed E-state index contributed by atoms with van der Waals surface area (Å²) in [6, 6.07) is 0. The maximum Gasteiger partial charge on any atom is 0.472 e. The van der Waals surface area contributed by atoms with E-state index in [1.54, 1.807) is 0 Å². The molecule has 0 radical (unpaired) electrons. The van der Waals surface area contributed by atoms with Crippen molar-refractivity contribution in [1.29, 1.82) is 0 Å². The third kappa shape index (κ3) is 75.4. The van der Waals surface area contributed by atoms with E-state index in [4.69, 9.17) is 37.0 Å². The third-order valence-electron chi connectivity index (χ3n) is 16.6. The first-order valence-electron chi connectivity index (χ1n) is 40.4. The zero-order valence-corrected chi connectivity index (χ0v) is 66.9.